The van der Waals surface area contributed by atoms with Crippen molar-refractivity contribution in [3.05, 3.63) is 28.5 Å². The molecule has 0 bridgehead atoms. The van der Waals surface area contributed by atoms with Gasteiger partial charge in [-0.3, -0.25) is 14.7 Å². The summed E-state index contributed by atoms with van der Waals surface area (Å²) in [6.07, 6.45) is 3.57. The van der Waals surface area contributed by atoms with Gasteiger partial charge in [-0.25, -0.2) is 0 Å². The van der Waals surface area contributed by atoms with Gasteiger partial charge in [0, 0.05) is 30.5 Å². The number of nitrogens with one attached hydrogen (secondary N) is 1. The molecule has 0 unspecified atom stereocenters. The number of pyridine rings is 1. The molecule has 88 valence electrons. The topological polar surface area (TPSA) is 45.2 Å². The molecule has 5 heteroatoms. The van der Waals surface area contributed by atoms with E-state index in [1.165, 1.54) is 0 Å². The zero-order valence-electron chi connectivity index (χ0n) is 9.53. The number of hydrogen-bond donors (Lipinski definition) is 1. The van der Waals surface area contributed by atoms with E-state index in [0.717, 1.165) is 23.1 Å². The van der Waals surface area contributed by atoms with Gasteiger partial charge in [0.05, 0.1) is 6.54 Å². The van der Waals surface area contributed by atoms with Crippen LogP contribution in [-0.2, 0) is 11.3 Å². The minimum Gasteiger partial charge on any atom is -0.358 e. The molecule has 0 spiro atoms. The lowest BCUT2D eigenvalue weighted by atomic mass is 10.2. The van der Waals surface area contributed by atoms with Crippen LogP contribution in [0.1, 0.15) is 12.5 Å². The van der Waals surface area contributed by atoms with E-state index in [2.05, 4.69) is 31.1 Å². The van der Waals surface area contributed by atoms with Gasteiger partial charge in [0.1, 0.15) is 0 Å². The molecular weight excluding hydrogens is 270 g/mol. The average molecular weight is 286 g/mol. The molecule has 1 rings (SSSR count). The fourth-order valence-corrected chi connectivity index (χ4v) is 1.77. The monoisotopic (exact) mass is 285 g/mol. The van der Waals surface area contributed by atoms with Crippen molar-refractivity contribution < 1.29 is 4.79 Å². The first kappa shape index (κ1) is 13.1. The van der Waals surface area contributed by atoms with E-state index < -0.39 is 0 Å². The summed E-state index contributed by atoms with van der Waals surface area (Å²) in [4.78, 5) is 17.4. The van der Waals surface area contributed by atoms with Gasteiger partial charge in [-0.2, -0.15) is 0 Å². The quantitative estimate of drug-likeness (QED) is 0.890. The number of amides is 1. The summed E-state index contributed by atoms with van der Waals surface area (Å²) in [6.45, 7) is 4.02. The van der Waals surface area contributed by atoms with Crippen LogP contribution in [0, 0.1) is 0 Å². The second-order valence-corrected chi connectivity index (χ2v) is 4.40. The molecule has 1 amide bonds. The van der Waals surface area contributed by atoms with Crippen molar-refractivity contribution in [3.8, 4) is 0 Å². The van der Waals surface area contributed by atoms with E-state index in [1.807, 2.05) is 19.2 Å². The molecule has 16 heavy (non-hydrogen) atoms. The summed E-state index contributed by atoms with van der Waals surface area (Å²) in [5.41, 5.74) is 1.10. The van der Waals surface area contributed by atoms with Crippen LogP contribution in [-0.4, -0.2) is 35.9 Å². The van der Waals surface area contributed by atoms with Gasteiger partial charge in [-0.05, 0) is 34.1 Å². The van der Waals surface area contributed by atoms with Crippen LogP contribution >= 0.6 is 15.9 Å². The maximum atomic E-state index is 11.3. The van der Waals surface area contributed by atoms with E-state index in [-0.39, 0.29) is 5.91 Å². The maximum absolute atomic E-state index is 11.3. The Labute approximate surface area is 104 Å². The van der Waals surface area contributed by atoms with Gasteiger partial charge in [0.25, 0.3) is 0 Å². The molecular formula is C11H16BrN3O. The fraction of sp³-hybridized carbons (Fsp3) is 0.455. The fourth-order valence-electron chi connectivity index (χ4n) is 1.36. The highest BCUT2D eigenvalue weighted by atomic mass is 79.9. The van der Waals surface area contributed by atoms with Crippen LogP contribution in [0.25, 0.3) is 0 Å². The molecule has 0 aliphatic rings. The number of rotatable bonds is 5. The molecule has 0 aromatic carbocycles. The highest BCUT2D eigenvalue weighted by Crippen LogP contribution is 2.11. The van der Waals surface area contributed by atoms with Crippen LogP contribution < -0.4 is 5.32 Å². The molecule has 0 saturated heterocycles. The predicted octanol–water partition coefficient (Wildman–Crippen LogP) is 1.41. The van der Waals surface area contributed by atoms with Crippen LogP contribution in [0.2, 0.25) is 0 Å². The van der Waals surface area contributed by atoms with Crippen molar-refractivity contribution in [2.24, 2.45) is 0 Å². The number of hydrogen-bond acceptors (Lipinski definition) is 3. The van der Waals surface area contributed by atoms with Crippen LogP contribution in [0.15, 0.2) is 22.9 Å². The lowest BCUT2D eigenvalue weighted by molar-refractivity contribution is -0.121. The Morgan fingerprint density at radius 2 is 2.31 bits per heavy atom. The van der Waals surface area contributed by atoms with Crippen molar-refractivity contribution in [1.29, 1.82) is 0 Å². The summed E-state index contributed by atoms with van der Waals surface area (Å²) >= 11 is 3.38. The van der Waals surface area contributed by atoms with E-state index in [9.17, 15) is 4.79 Å². The molecule has 0 radical (unpaired) electrons. The van der Waals surface area contributed by atoms with Crippen LogP contribution in [0.5, 0.6) is 0 Å². The second kappa shape index (κ2) is 6.60. The molecule has 1 aromatic rings. The number of carbonyl (C=O) groups is 1. The molecule has 0 fully saturated rings. The smallest absolute Gasteiger partial charge is 0.233 e. The van der Waals surface area contributed by atoms with Crippen LogP contribution in [0.3, 0.4) is 0 Å². The third kappa shape index (κ3) is 4.28. The molecule has 1 heterocycles. The zero-order valence-corrected chi connectivity index (χ0v) is 11.1. The van der Waals surface area contributed by atoms with Crippen LogP contribution in [0.4, 0.5) is 0 Å². The highest BCUT2D eigenvalue weighted by molar-refractivity contribution is 9.10. The van der Waals surface area contributed by atoms with Crippen molar-refractivity contribution >= 4 is 21.8 Å². The number of carbonyl (C=O) groups excluding carboxylic acids is 1. The summed E-state index contributed by atoms with van der Waals surface area (Å²) in [5, 5.41) is 2.62. The molecule has 1 N–H and O–H groups in total. The number of nitrogens with zero attached hydrogens (tertiary/aromatic N) is 2. The lowest BCUT2D eigenvalue weighted by Gasteiger charge is -2.19. The first-order valence-electron chi connectivity index (χ1n) is 5.18. The highest BCUT2D eigenvalue weighted by Gasteiger charge is 2.08. The van der Waals surface area contributed by atoms with Gasteiger partial charge in [0.15, 0.2) is 0 Å². The summed E-state index contributed by atoms with van der Waals surface area (Å²) in [6, 6.07) is 2.01. The van der Waals surface area contributed by atoms with E-state index in [1.54, 1.807) is 13.2 Å². The van der Waals surface area contributed by atoms with Gasteiger partial charge in [-0.1, -0.05) is 6.92 Å². The van der Waals surface area contributed by atoms with Crippen molar-refractivity contribution in [3.63, 3.8) is 0 Å². The molecule has 4 nitrogen and oxygen atoms in total. The Balaban J connectivity index is 2.59. The third-order valence-corrected chi connectivity index (χ3v) is 2.69. The zero-order chi connectivity index (χ0) is 12.0. The number of likely N-dealkylation sites (N-methyl/N-ethyl adjacent to an activating group) is 2. The van der Waals surface area contributed by atoms with Crippen molar-refractivity contribution in [2.45, 2.75) is 13.5 Å². The lowest BCUT2D eigenvalue weighted by Crippen LogP contribution is -2.35. The minimum absolute atomic E-state index is 0.0322. The Kier molecular flexibility index (Phi) is 5.42. The minimum atomic E-state index is 0.0322. The van der Waals surface area contributed by atoms with Crippen molar-refractivity contribution in [1.82, 2.24) is 15.2 Å². The predicted molar refractivity (Wildman–Crippen MR) is 67.0 cm³/mol. The molecule has 1 aromatic heterocycles. The van der Waals surface area contributed by atoms with E-state index >= 15 is 0 Å². The van der Waals surface area contributed by atoms with Gasteiger partial charge >= 0.3 is 0 Å². The molecule has 0 atom stereocenters. The Morgan fingerprint density at radius 3 is 2.88 bits per heavy atom. The van der Waals surface area contributed by atoms with Gasteiger partial charge in [0.2, 0.25) is 5.91 Å². The summed E-state index contributed by atoms with van der Waals surface area (Å²) in [5.74, 6) is 0.0322. The van der Waals surface area contributed by atoms with Gasteiger partial charge in [-0.15, -0.1) is 0 Å². The van der Waals surface area contributed by atoms with E-state index in [0.29, 0.717) is 6.54 Å². The summed E-state index contributed by atoms with van der Waals surface area (Å²) < 4.78 is 0.959. The first-order valence-corrected chi connectivity index (χ1v) is 5.97. The van der Waals surface area contributed by atoms with E-state index in [4.69, 9.17) is 0 Å². The second-order valence-electron chi connectivity index (χ2n) is 3.49. The Morgan fingerprint density at radius 1 is 1.56 bits per heavy atom. The largest absolute Gasteiger partial charge is 0.358 e. The number of halogens is 1. The SMILES string of the molecule is CCN(CC(=O)NC)Cc1cncc(Br)c1. The Bertz CT molecular complexity index is 357. The molecule has 0 aliphatic carbocycles. The average Bonchev–Trinajstić information content (AvgIpc) is 2.28. The van der Waals surface area contributed by atoms with Crippen molar-refractivity contribution in [2.75, 3.05) is 20.1 Å². The molecule has 0 aliphatic heterocycles. The van der Waals surface area contributed by atoms with Gasteiger partial charge < -0.3 is 5.32 Å². The summed E-state index contributed by atoms with van der Waals surface area (Å²) in [7, 11) is 1.65. The number of aromatic nitrogens is 1. The standard InChI is InChI=1S/C11H16BrN3O/c1-3-15(8-11(16)13-2)7-9-4-10(12)6-14-5-9/h4-6H,3,7-8H2,1-2H3,(H,13,16). The molecule has 0 saturated carbocycles. The normalized spacial score (nSPS) is 10.5. The maximum Gasteiger partial charge on any atom is 0.233 e. The Hall–Kier alpha value is -0.940. The first-order chi connectivity index (χ1) is 7.65. The third-order valence-electron chi connectivity index (χ3n) is 2.26.